The van der Waals surface area contributed by atoms with Crippen molar-refractivity contribution in [1.29, 1.82) is 0 Å². The standard InChI is InChI=1S/C16H20N2O3/c1-3-5-7-12-8-10-13(11-9-12)17-16(21)18-14(6-4-2)15(19)20/h2,8-11,14H,3,5-7H2,1H3,(H,19,20)(H2,17,18,21). The molecule has 0 aromatic heterocycles. The second kappa shape index (κ2) is 8.64. The molecule has 1 rings (SSSR count). The minimum absolute atomic E-state index is 0.0568. The van der Waals surface area contributed by atoms with Gasteiger partial charge in [-0.3, -0.25) is 0 Å². The van der Waals surface area contributed by atoms with Crippen molar-refractivity contribution in [3.63, 3.8) is 0 Å². The minimum Gasteiger partial charge on any atom is -0.480 e. The molecular formula is C16H20N2O3. The molecule has 3 N–H and O–H groups in total. The smallest absolute Gasteiger partial charge is 0.327 e. The van der Waals surface area contributed by atoms with Crippen molar-refractivity contribution in [2.75, 3.05) is 5.32 Å². The lowest BCUT2D eigenvalue weighted by atomic mass is 10.1. The lowest BCUT2D eigenvalue weighted by Gasteiger charge is -2.13. The Morgan fingerprint density at radius 2 is 2.00 bits per heavy atom. The molecule has 0 bridgehead atoms. The van der Waals surface area contributed by atoms with Crippen molar-refractivity contribution >= 4 is 17.7 Å². The number of aryl methyl sites for hydroxylation is 1. The van der Waals surface area contributed by atoms with E-state index in [1.807, 2.05) is 12.1 Å². The van der Waals surface area contributed by atoms with Gasteiger partial charge >= 0.3 is 12.0 Å². The molecular weight excluding hydrogens is 268 g/mol. The van der Waals surface area contributed by atoms with E-state index in [0.29, 0.717) is 5.69 Å². The molecule has 0 radical (unpaired) electrons. The predicted octanol–water partition coefficient (Wildman–Crippen LogP) is 2.63. The molecule has 5 heteroatoms. The van der Waals surface area contributed by atoms with E-state index in [2.05, 4.69) is 23.5 Å². The molecule has 0 spiro atoms. The Morgan fingerprint density at radius 3 is 2.52 bits per heavy atom. The lowest BCUT2D eigenvalue weighted by molar-refractivity contribution is -0.139. The number of carbonyl (C=O) groups excluding carboxylic acids is 1. The topological polar surface area (TPSA) is 78.4 Å². The third-order valence-electron chi connectivity index (χ3n) is 2.96. The Hall–Kier alpha value is -2.48. The molecule has 1 unspecified atom stereocenters. The third kappa shape index (κ3) is 6.00. The zero-order valence-electron chi connectivity index (χ0n) is 12.1. The molecule has 0 aliphatic carbocycles. The maximum atomic E-state index is 11.7. The summed E-state index contributed by atoms with van der Waals surface area (Å²) in [5.41, 5.74) is 1.82. The number of carbonyl (C=O) groups is 2. The van der Waals surface area contributed by atoms with E-state index in [9.17, 15) is 9.59 Å². The maximum absolute atomic E-state index is 11.7. The van der Waals surface area contributed by atoms with Crippen LogP contribution in [0.4, 0.5) is 10.5 Å². The van der Waals surface area contributed by atoms with Gasteiger partial charge in [0.15, 0.2) is 0 Å². The zero-order chi connectivity index (χ0) is 15.7. The first kappa shape index (κ1) is 16.6. The van der Waals surface area contributed by atoms with Gasteiger partial charge in [0.25, 0.3) is 0 Å². The molecule has 1 aromatic rings. The van der Waals surface area contributed by atoms with Gasteiger partial charge in [-0.2, -0.15) is 0 Å². The van der Waals surface area contributed by atoms with Crippen LogP contribution in [0.2, 0.25) is 0 Å². The Morgan fingerprint density at radius 1 is 1.33 bits per heavy atom. The molecule has 0 fully saturated rings. The molecule has 0 saturated heterocycles. The monoisotopic (exact) mass is 288 g/mol. The molecule has 0 aliphatic rings. The number of carboxylic acids is 1. The summed E-state index contributed by atoms with van der Waals surface area (Å²) in [5, 5.41) is 13.8. The van der Waals surface area contributed by atoms with Gasteiger partial charge in [0.05, 0.1) is 0 Å². The maximum Gasteiger partial charge on any atom is 0.327 e. The molecule has 5 nitrogen and oxygen atoms in total. The van der Waals surface area contributed by atoms with Crippen molar-refractivity contribution < 1.29 is 14.7 Å². The van der Waals surface area contributed by atoms with Crippen LogP contribution in [0.25, 0.3) is 0 Å². The van der Waals surface area contributed by atoms with Crippen LogP contribution in [0.5, 0.6) is 0 Å². The number of terminal acetylenes is 1. The van der Waals surface area contributed by atoms with Gasteiger partial charge in [0, 0.05) is 12.1 Å². The van der Waals surface area contributed by atoms with Crippen LogP contribution in [0.1, 0.15) is 31.7 Å². The van der Waals surface area contributed by atoms with Crippen LogP contribution in [-0.2, 0) is 11.2 Å². The second-order valence-electron chi connectivity index (χ2n) is 4.70. The van der Waals surface area contributed by atoms with Gasteiger partial charge in [-0.15, -0.1) is 12.3 Å². The lowest BCUT2D eigenvalue weighted by Crippen LogP contribution is -2.42. The molecule has 21 heavy (non-hydrogen) atoms. The molecule has 2 amide bonds. The number of anilines is 1. The summed E-state index contributed by atoms with van der Waals surface area (Å²) in [6.45, 7) is 2.13. The third-order valence-corrected chi connectivity index (χ3v) is 2.96. The number of nitrogens with one attached hydrogen (secondary N) is 2. The van der Waals surface area contributed by atoms with Gasteiger partial charge in [-0.25, -0.2) is 9.59 Å². The predicted molar refractivity (Wildman–Crippen MR) is 82.1 cm³/mol. The average Bonchev–Trinajstić information content (AvgIpc) is 2.46. The van der Waals surface area contributed by atoms with E-state index >= 15 is 0 Å². The van der Waals surface area contributed by atoms with E-state index in [0.717, 1.165) is 19.3 Å². The van der Waals surface area contributed by atoms with Crippen LogP contribution in [0.3, 0.4) is 0 Å². The summed E-state index contributed by atoms with van der Waals surface area (Å²) in [7, 11) is 0. The Bertz CT molecular complexity index is 517. The fourth-order valence-electron chi connectivity index (χ4n) is 1.78. The Labute approximate surface area is 124 Å². The van der Waals surface area contributed by atoms with Crippen molar-refractivity contribution in [1.82, 2.24) is 5.32 Å². The highest BCUT2D eigenvalue weighted by Gasteiger charge is 2.18. The van der Waals surface area contributed by atoms with E-state index in [-0.39, 0.29) is 6.42 Å². The SMILES string of the molecule is C#CCC(NC(=O)Nc1ccc(CCCC)cc1)C(=O)O. The molecule has 112 valence electrons. The van der Waals surface area contributed by atoms with Crippen LogP contribution < -0.4 is 10.6 Å². The zero-order valence-corrected chi connectivity index (χ0v) is 12.1. The van der Waals surface area contributed by atoms with Gasteiger partial charge in [0.1, 0.15) is 6.04 Å². The van der Waals surface area contributed by atoms with Crippen molar-refractivity contribution in [2.45, 2.75) is 38.6 Å². The average molecular weight is 288 g/mol. The van der Waals surface area contributed by atoms with Crippen LogP contribution in [-0.4, -0.2) is 23.1 Å². The highest BCUT2D eigenvalue weighted by molar-refractivity contribution is 5.92. The summed E-state index contributed by atoms with van der Waals surface area (Å²) < 4.78 is 0. The summed E-state index contributed by atoms with van der Waals surface area (Å²) in [4.78, 5) is 22.6. The normalized spacial score (nSPS) is 11.2. The van der Waals surface area contributed by atoms with Crippen LogP contribution >= 0.6 is 0 Å². The fourth-order valence-corrected chi connectivity index (χ4v) is 1.78. The van der Waals surface area contributed by atoms with Gasteiger partial charge in [-0.05, 0) is 30.5 Å². The first-order valence-corrected chi connectivity index (χ1v) is 6.89. The van der Waals surface area contributed by atoms with Gasteiger partial charge in [0.2, 0.25) is 0 Å². The molecule has 0 heterocycles. The van der Waals surface area contributed by atoms with E-state index in [4.69, 9.17) is 11.5 Å². The van der Waals surface area contributed by atoms with E-state index in [1.165, 1.54) is 5.56 Å². The molecule has 0 saturated carbocycles. The number of benzene rings is 1. The first-order chi connectivity index (χ1) is 10.1. The van der Waals surface area contributed by atoms with Crippen molar-refractivity contribution in [3.8, 4) is 12.3 Å². The number of amides is 2. The van der Waals surface area contributed by atoms with Crippen LogP contribution in [0, 0.1) is 12.3 Å². The first-order valence-electron chi connectivity index (χ1n) is 6.89. The molecule has 0 aliphatic heterocycles. The van der Waals surface area contributed by atoms with Gasteiger partial charge < -0.3 is 15.7 Å². The van der Waals surface area contributed by atoms with Crippen molar-refractivity contribution in [3.05, 3.63) is 29.8 Å². The number of aliphatic carboxylic acids is 1. The number of rotatable bonds is 7. The number of hydrogen-bond donors (Lipinski definition) is 3. The number of unbranched alkanes of at least 4 members (excludes halogenated alkanes) is 1. The number of hydrogen-bond acceptors (Lipinski definition) is 2. The van der Waals surface area contributed by atoms with Crippen molar-refractivity contribution in [2.24, 2.45) is 0 Å². The number of urea groups is 1. The second-order valence-corrected chi connectivity index (χ2v) is 4.70. The highest BCUT2D eigenvalue weighted by Crippen LogP contribution is 2.11. The number of carboxylic acid groups (broad SMARTS) is 1. The Kier molecular flexibility index (Phi) is 6.82. The minimum atomic E-state index is -1.15. The van der Waals surface area contributed by atoms with Crippen LogP contribution in [0.15, 0.2) is 24.3 Å². The largest absolute Gasteiger partial charge is 0.480 e. The molecule has 1 aromatic carbocycles. The summed E-state index contributed by atoms with van der Waals surface area (Å²) in [5.74, 6) is 1.07. The fraction of sp³-hybridized carbons (Fsp3) is 0.375. The summed E-state index contributed by atoms with van der Waals surface area (Å²) >= 11 is 0. The summed E-state index contributed by atoms with van der Waals surface area (Å²) in [6, 6.07) is 5.81. The van der Waals surface area contributed by atoms with Gasteiger partial charge in [-0.1, -0.05) is 25.5 Å². The Balaban J connectivity index is 2.54. The summed E-state index contributed by atoms with van der Waals surface area (Å²) in [6.07, 6.45) is 8.27. The molecule has 1 atom stereocenters. The quantitative estimate of drug-likeness (QED) is 0.675. The van der Waals surface area contributed by atoms with E-state index in [1.54, 1.807) is 12.1 Å². The highest BCUT2D eigenvalue weighted by atomic mass is 16.4. The van der Waals surface area contributed by atoms with E-state index < -0.39 is 18.0 Å².